The summed E-state index contributed by atoms with van der Waals surface area (Å²) >= 11 is 0. The molecule has 6 nitrogen and oxygen atoms in total. The van der Waals surface area contributed by atoms with Crippen molar-refractivity contribution in [3.63, 3.8) is 0 Å². The number of nitrogens with zero attached hydrogens (tertiary/aromatic N) is 2. The van der Waals surface area contributed by atoms with Crippen molar-refractivity contribution >= 4 is 11.6 Å². The van der Waals surface area contributed by atoms with Crippen LogP contribution in [0.3, 0.4) is 0 Å². The average molecular weight is 439 g/mol. The van der Waals surface area contributed by atoms with E-state index in [1.54, 1.807) is 24.3 Å². The van der Waals surface area contributed by atoms with Gasteiger partial charge in [-0.2, -0.15) is 18.2 Å². The van der Waals surface area contributed by atoms with Gasteiger partial charge in [-0.3, -0.25) is 4.79 Å². The molecule has 1 heterocycles. The lowest BCUT2D eigenvalue weighted by Crippen LogP contribution is -2.22. The molecule has 1 aromatic heterocycles. The summed E-state index contributed by atoms with van der Waals surface area (Å²) in [6.45, 7) is -0.511. The lowest BCUT2D eigenvalue weighted by atomic mass is 10.1. The molecular formula is C23H16F3N3O3. The first-order valence-corrected chi connectivity index (χ1v) is 9.49. The summed E-state index contributed by atoms with van der Waals surface area (Å²) in [7, 11) is 0. The van der Waals surface area contributed by atoms with Crippen molar-refractivity contribution in [1.29, 1.82) is 0 Å². The average Bonchev–Trinajstić information content (AvgIpc) is 3.28. The van der Waals surface area contributed by atoms with Gasteiger partial charge in [-0.1, -0.05) is 59.8 Å². The molecule has 0 aliphatic carbocycles. The Morgan fingerprint density at radius 1 is 0.938 bits per heavy atom. The smallest absolute Gasteiger partial charge is 0.418 e. The number of nitrogens with one attached hydrogen (secondary N) is 1. The van der Waals surface area contributed by atoms with Crippen LogP contribution in [0.2, 0.25) is 0 Å². The summed E-state index contributed by atoms with van der Waals surface area (Å²) in [5.41, 5.74) is -0.0615. The monoisotopic (exact) mass is 439 g/mol. The van der Waals surface area contributed by atoms with Crippen LogP contribution in [0.4, 0.5) is 18.9 Å². The number of hydrogen-bond acceptors (Lipinski definition) is 5. The van der Waals surface area contributed by atoms with Gasteiger partial charge in [-0.05, 0) is 24.3 Å². The number of rotatable bonds is 6. The molecule has 0 fully saturated rings. The highest BCUT2D eigenvalue weighted by Crippen LogP contribution is 2.34. The molecule has 0 radical (unpaired) electrons. The molecule has 0 spiro atoms. The standard InChI is InChI=1S/C23H16F3N3O3/c24-23(25,26)17-11-5-6-12-18(17)27-20(30)14-31-19-13-7-4-10-16(19)22-28-21(29-32-22)15-8-2-1-3-9-15/h1-13H,14H2,(H,27,30). The number of carbonyl (C=O) groups excluding carboxylic acids is 1. The van der Waals surface area contributed by atoms with Crippen LogP contribution >= 0.6 is 0 Å². The van der Waals surface area contributed by atoms with E-state index in [0.29, 0.717) is 11.4 Å². The number of anilines is 1. The Bertz CT molecular complexity index is 1220. The third-order valence-electron chi connectivity index (χ3n) is 4.44. The lowest BCUT2D eigenvalue weighted by molar-refractivity contribution is -0.137. The van der Waals surface area contributed by atoms with Crippen LogP contribution in [-0.2, 0) is 11.0 Å². The van der Waals surface area contributed by atoms with Gasteiger partial charge in [0, 0.05) is 5.56 Å². The van der Waals surface area contributed by atoms with Crippen LogP contribution in [0.1, 0.15) is 5.56 Å². The van der Waals surface area contributed by atoms with Gasteiger partial charge < -0.3 is 14.6 Å². The zero-order valence-electron chi connectivity index (χ0n) is 16.5. The van der Waals surface area contributed by atoms with E-state index in [4.69, 9.17) is 9.26 Å². The molecule has 0 atom stereocenters. The number of hydrogen-bond donors (Lipinski definition) is 1. The third kappa shape index (κ3) is 4.77. The first-order valence-electron chi connectivity index (χ1n) is 9.49. The molecule has 162 valence electrons. The zero-order chi connectivity index (χ0) is 22.6. The van der Waals surface area contributed by atoms with E-state index in [9.17, 15) is 18.0 Å². The predicted molar refractivity (Wildman–Crippen MR) is 111 cm³/mol. The third-order valence-corrected chi connectivity index (χ3v) is 4.44. The molecule has 0 aliphatic rings. The Balaban J connectivity index is 1.48. The molecule has 9 heteroatoms. The molecule has 0 unspecified atom stereocenters. The number of amides is 1. The number of aromatic nitrogens is 2. The van der Waals surface area contributed by atoms with Crippen molar-refractivity contribution in [3.05, 3.63) is 84.4 Å². The number of benzene rings is 3. The maximum Gasteiger partial charge on any atom is 0.418 e. The number of halogens is 3. The number of ether oxygens (including phenoxy) is 1. The first-order chi connectivity index (χ1) is 15.4. The van der Waals surface area contributed by atoms with E-state index >= 15 is 0 Å². The largest absolute Gasteiger partial charge is 0.483 e. The molecule has 32 heavy (non-hydrogen) atoms. The van der Waals surface area contributed by atoms with Crippen LogP contribution in [-0.4, -0.2) is 22.7 Å². The maximum atomic E-state index is 13.1. The summed E-state index contributed by atoms with van der Waals surface area (Å²) in [6.07, 6.45) is -4.59. The fourth-order valence-corrected chi connectivity index (χ4v) is 2.98. The molecule has 4 rings (SSSR count). The Kier molecular flexibility index (Phi) is 5.89. The maximum absolute atomic E-state index is 13.1. The molecule has 4 aromatic rings. The van der Waals surface area contributed by atoms with E-state index in [1.807, 2.05) is 30.3 Å². The Hall–Kier alpha value is -4.14. The zero-order valence-corrected chi connectivity index (χ0v) is 16.5. The molecule has 1 amide bonds. The topological polar surface area (TPSA) is 77.2 Å². The minimum absolute atomic E-state index is 0.183. The van der Waals surface area contributed by atoms with Gasteiger partial charge in [-0.15, -0.1) is 0 Å². The molecule has 0 aliphatic heterocycles. The van der Waals surface area contributed by atoms with E-state index in [0.717, 1.165) is 11.6 Å². The van der Waals surface area contributed by atoms with Crippen LogP contribution in [0.5, 0.6) is 5.75 Å². The first kappa shape index (κ1) is 21.1. The lowest BCUT2D eigenvalue weighted by Gasteiger charge is -2.14. The molecule has 3 aromatic carbocycles. The Morgan fingerprint density at radius 2 is 1.62 bits per heavy atom. The number of carbonyl (C=O) groups is 1. The second kappa shape index (κ2) is 8.93. The van der Waals surface area contributed by atoms with Crippen molar-refractivity contribution in [2.45, 2.75) is 6.18 Å². The van der Waals surface area contributed by atoms with Crippen LogP contribution in [0.15, 0.2) is 83.4 Å². The normalized spacial score (nSPS) is 11.2. The molecule has 0 saturated carbocycles. The van der Waals surface area contributed by atoms with Crippen molar-refractivity contribution < 1.29 is 27.2 Å². The van der Waals surface area contributed by atoms with Gasteiger partial charge in [0.05, 0.1) is 16.8 Å². The van der Waals surface area contributed by atoms with Gasteiger partial charge in [-0.25, -0.2) is 0 Å². The quantitative estimate of drug-likeness (QED) is 0.433. The van der Waals surface area contributed by atoms with Gasteiger partial charge in [0.2, 0.25) is 5.82 Å². The number of alkyl halides is 3. The summed E-state index contributed by atoms with van der Waals surface area (Å²) in [6, 6.07) is 20.6. The minimum Gasteiger partial charge on any atom is -0.483 e. The Labute approximate surface area is 180 Å². The van der Waals surface area contributed by atoms with Gasteiger partial charge in [0.15, 0.2) is 6.61 Å². The van der Waals surface area contributed by atoms with E-state index < -0.39 is 24.3 Å². The SMILES string of the molecule is O=C(COc1ccccc1-c1nc(-c2ccccc2)no1)Nc1ccccc1C(F)(F)F. The summed E-state index contributed by atoms with van der Waals surface area (Å²) in [4.78, 5) is 16.6. The van der Waals surface area contributed by atoms with E-state index in [-0.39, 0.29) is 17.3 Å². The Morgan fingerprint density at radius 3 is 2.41 bits per heavy atom. The van der Waals surface area contributed by atoms with Crippen LogP contribution in [0.25, 0.3) is 22.8 Å². The van der Waals surface area contributed by atoms with Gasteiger partial charge in [0.1, 0.15) is 5.75 Å². The van der Waals surface area contributed by atoms with E-state index in [2.05, 4.69) is 15.5 Å². The molecule has 1 N–H and O–H groups in total. The van der Waals surface area contributed by atoms with Crippen molar-refractivity contribution in [2.75, 3.05) is 11.9 Å². The second-order valence-electron chi connectivity index (χ2n) is 6.67. The highest BCUT2D eigenvalue weighted by molar-refractivity contribution is 5.92. The summed E-state index contributed by atoms with van der Waals surface area (Å²) in [5.74, 6) is 0.0983. The molecule has 0 saturated heterocycles. The van der Waals surface area contributed by atoms with Gasteiger partial charge >= 0.3 is 6.18 Å². The fourth-order valence-electron chi connectivity index (χ4n) is 2.98. The summed E-state index contributed by atoms with van der Waals surface area (Å²) < 4.78 is 50.2. The highest BCUT2D eigenvalue weighted by atomic mass is 19.4. The second-order valence-corrected chi connectivity index (χ2v) is 6.67. The highest BCUT2D eigenvalue weighted by Gasteiger charge is 2.33. The van der Waals surface area contributed by atoms with E-state index in [1.165, 1.54) is 18.2 Å². The van der Waals surface area contributed by atoms with Crippen molar-refractivity contribution in [2.24, 2.45) is 0 Å². The molecular weight excluding hydrogens is 423 g/mol. The van der Waals surface area contributed by atoms with Crippen LogP contribution < -0.4 is 10.1 Å². The van der Waals surface area contributed by atoms with Gasteiger partial charge in [0.25, 0.3) is 11.8 Å². The van der Waals surface area contributed by atoms with Crippen LogP contribution in [0, 0.1) is 0 Å². The predicted octanol–water partition coefficient (Wildman–Crippen LogP) is 5.44. The number of para-hydroxylation sites is 2. The fraction of sp³-hybridized carbons (Fsp3) is 0.0870. The minimum atomic E-state index is -4.59. The van der Waals surface area contributed by atoms with Crippen molar-refractivity contribution in [3.8, 4) is 28.6 Å². The summed E-state index contributed by atoms with van der Waals surface area (Å²) in [5, 5.41) is 6.20. The van der Waals surface area contributed by atoms with Crippen molar-refractivity contribution in [1.82, 2.24) is 10.1 Å². The molecule has 0 bridgehead atoms.